The van der Waals surface area contributed by atoms with Crippen LogP contribution in [0.3, 0.4) is 0 Å². The number of methoxy groups -OCH3 is 1. The minimum Gasteiger partial charge on any atom is -0.496 e. The lowest BCUT2D eigenvalue weighted by molar-refractivity contribution is 0.411. The maximum absolute atomic E-state index is 12.6. The summed E-state index contributed by atoms with van der Waals surface area (Å²) < 4.78 is 32.7. The molecule has 0 unspecified atom stereocenters. The second-order valence-electron chi connectivity index (χ2n) is 6.46. The van der Waals surface area contributed by atoms with Gasteiger partial charge < -0.3 is 10.1 Å². The average Bonchev–Trinajstić information content (AvgIpc) is 2.66. The van der Waals surface area contributed by atoms with E-state index in [0.29, 0.717) is 11.6 Å². The molecule has 0 spiro atoms. The molecule has 3 aromatic rings. The van der Waals surface area contributed by atoms with Gasteiger partial charge in [0.1, 0.15) is 5.75 Å². The van der Waals surface area contributed by atoms with Gasteiger partial charge in [0.25, 0.3) is 10.0 Å². The first kappa shape index (κ1) is 19.6. The predicted octanol–water partition coefficient (Wildman–Crippen LogP) is 3.95. The molecular weight excluding hydrogens is 376 g/mol. The summed E-state index contributed by atoms with van der Waals surface area (Å²) in [6.07, 6.45) is 0. The highest BCUT2D eigenvalue weighted by atomic mass is 32.2. The first-order chi connectivity index (χ1) is 13.3. The summed E-state index contributed by atoms with van der Waals surface area (Å²) in [5, 5.41) is 11.1. The fourth-order valence-corrected chi connectivity index (χ4v) is 3.72. The zero-order valence-electron chi connectivity index (χ0n) is 16.1. The third-order valence-electron chi connectivity index (χ3n) is 4.36. The summed E-state index contributed by atoms with van der Waals surface area (Å²) in [5.74, 6) is 1.28. The molecule has 28 heavy (non-hydrogen) atoms. The number of hydrogen-bond donors (Lipinski definition) is 2. The van der Waals surface area contributed by atoms with Crippen molar-refractivity contribution in [1.29, 1.82) is 0 Å². The number of hydrogen-bond acceptors (Lipinski definition) is 6. The average molecular weight is 398 g/mol. The number of anilines is 3. The van der Waals surface area contributed by atoms with Crippen LogP contribution in [-0.2, 0) is 10.0 Å². The molecule has 1 aromatic heterocycles. The summed E-state index contributed by atoms with van der Waals surface area (Å²) >= 11 is 0. The van der Waals surface area contributed by atoms with Crippen LogP contribution in [0.4, 0.5) is 17.3 Å². The highest BCUT2D eigenvalue weighted by Crippen LogP contribution is 2.23. The number of benzene rings is 2. The van der Waals surface area contributed by atoms with E-state index >= 15 is 0 Å². The van der Waals surface area contributed by atoms with E-state index in [1.807, 2.05) is 32.0 Å². The number of ether oxygens (including phenoxy) is 1. The van der Waals surface area contributed by atoms with Gasteiger partial charge in [-0.2, -0.15) is 0 Å². The SMILES string of the molecule is COc1ccc(S(=O)(=O)Nc2ccc(Nc3ccc(C)c(C)c3)nn2)cc1C. The van der Waals surface area contributed by atoms with Gasteiger partial charge in [0.05, 0.1) is 12.0 Å². The normalized spacial score (nSPS) is 11.1. The Kier molecular flexibility index (Phi) is 5.51. The molecule has 146 valence electrons. The maximum Gasteiger partial charge on any atom is 0.263 e. The summed E-state index contributed by atoms with van der Waals surface area (Å²) in [7, 11) is -2.23. The van der Waals surface area contributed by atoms with Crippen LogP contribution in [0.5, 0.6) is 5.75 Å². The Hall–Kier alpha value is -3.13. The molecule has 0 saturated carbocycles. The first-order valence-corrected chi connectivity index (χ1v) is 10.1. The molecule has 3 rings (SSSR count). The van der Waals surface area contributed by atoms with Crippen LogP contribution in [0.25, 0.3) is 0 Å². The summed E-state index contributed by atoms with van der Waals surface area (Å²) in [5.41, 5.74) is 3.98. The molecule has 2 aromatic carbocycles. The van der Waals surface area contributed by atoms with Crippen molar-refractivity contribution in [3.8, 4) is 5.75 Å². The van der Waals surface area contributed by atoms with E-state index in [0.717, 1.165) is 16.8 Å². The lowest BCUT2D eigenvalue weighted by Crippen LogP contribution is -2.14. The molecular formula is C20H22N4O3S. The zero-order chi connectivity index (χ0) is 20.3. The Morgan fingerprint density at radius 3 is 2.14 bits per heavy atom. The monoisotopic (exact) mass is 398 g/mol. The van der Waals surface area contributed by atoms with Crippen LogP contribution < -0.4 is 14.8 Å². The molecule has 1 heterocycles. The van der Waals surface area contributed by atoms with Crippen LogP contribution in [0.2, 0.25) is 0 Å². The number of nitrogens with zero attached hydrogens (tertiary/aromatic N) is 2. The van der Waals surface area contributed by atoms with Gasteiger partial charge in [-0.05, 0) is 79.9 Å². The molecule has 0 bridgehead atoms. The van der Waals surface area contributed by atoms with E-state index in [1.165, 1.54) is 18.7 Å². The van der Waals surface area contributed by atoms with Crippen molar-refractivity contribution in [2.24, 2.45) is 0 Å². The standard InChI is InChI=1S/C20H22N4O3S/c1-13-5-6-16(11-14(13)2)21-19-9-10-20(23-22-19)24-28(25,26)17-7-8-18(27-4)15(3)12-17/h5-12H,1-4H3,(H,21,22)(H,23,24). The quantitative estimate of drug-likeness (QED) is 0.653. The topological polar surface area (TPSA) is 93.2 Å². The highest BCUT2D eigenvalue weighted by Gasteiger charge is 2.16. The predicted molar refractivity (Wildman–Crippen MR) is 110 cm³/mol. The Bertz CT molecular complexity index is 1100. The van der Waals surface area contributed by atoms with Gasteiger partial charge in [-0.3, -0.25) is 4.72 Å². The molecule has 0 aliphatic rings. The molecule has 0 atom stereocenters. The van der Waals surface area contributed by atoms with Crippen molar-refractivity contribution in [2.75, 3.05) is 17.1 Å². The van der Waals surface area contributed by atoms with Gasteiger partial charge in [0.15, 0.2) is 11.6 Å². The minimum atomic E-state index is -3.77. The van der Waals surface area contributed by atoms with E-state index in [1.54, 1.807) is 31.2 Å². The van der Waals surface area contributed by atoms with Gasteiger partial charge in [0, 0.05) is 5.69 Å². The van der Waals surface area contributed by atoms with E-state index in [9.17, 15) is 8.42 Å². The molecule has 0 fully saturated rings. The number of aryl methyl sites for hydroxylation is 3. The third kappa shape index (κ3) is 4.40. The van der Waals surface area contributed by atoms with Crippen molar-refractivity contribution in [1.82, 2.24) is 10.2 Å². The Labute approximate surface area is 164 Å². The van der Waals surface area contributed by atoms with E-state index in [4.69, 9.17) is 4.74 Å². The lowest BCUT2D eigenvalue weighted by Gasteiger charge is -2.11. The van der Waals surface area contributed by atoms with Crippen molar-refractivity contribution in [2.45, 2.75) is 25.7 Å². The Morgan fingerprint density at radius 1 is 0.821 bits per heavy atom. The van der Waals surface area contributed by atoms with Crippen LogP contribution in [0.15, 0.2) is 53.4 Å². The van der Waals surface area contributed by atoms with E-state index < -0.39 is 10.0 Å². The van der Waals surface area contributed by atoms with Crippen LogP contribution >= 0.6 is 0 Å². The first-order valence-electron chi connectivity index (χ1n) is 8.64. The number of rotatable bonds is 6. The van der Waals surface area contributed by atoms with Crippen LogP contribution in [-0.4, -0.2) is 25.7 Å². The van der Waals surface area contributed by atoms with Gasteiger partial charge in [0.2, 0.25) is 0 Å². The van der Waals surface area contributed by atoms with Gasteiger partial charge in [-0.15, -0.1) is 10.2 Å². The summed E-state index contributed by atoms with van der Waals surface area (Å²) in [6.45, 7) is 5.86. The second kappa shape index (κ2) is 7.85. The van der Waals surface area contributed by atoms with Gasteiger partial charge in [-0.1, -0.05) is 6.07 Å². The molecule has 7 nitrogen and oxygen atoms in total. The molecule has 2 N–H and O–H groups in total. The van der Waals surface area contributed by atoms with Gasteiger partial charge in [-0.25, -0.2) is 8.42 Å². The fraction of sp³-hybridized carbons (Fsp3) is 0.200. The summed E-state index contributed by atoms with van der Waals surface area (Å²) in [4.78, 5) is 0.130. The van der Waals surface area contributed by atoms with Crippen molar-refractivity contribution in [3.05, 3.63) is 65.2 Å². The third-order valence-corrected chi connectivity index (χ3v) is 5.71. The lowest BCUT2D eigenvalue weighted by atomic mass is 10.1. The number of nitrogens with one attached hydrogen (secondary N) is 2. The van der Waals surface area contributed by atoms with Crippen LogP contribution in [0.1, 0.15) is 16.7 Å². The molecule has 0 radical (unpaired) electrons. The highest BCUT2D eigenvalue weighted by molar-refractivity contribution is 7.92. The number of aromatic nitrogens is 2. The molecule has 0 saturated heterocycles. The molecule has 0 amide bonds. The van der Waals surface area contributed by atoms with Crippen molar-refractivity contribution >= 4 is 27.3 Å². The summed E-state index contributed by atoms with van der Waals surface area (Å²) in [6, 6.07) is 13.9. The van der Waals surface area contributed by atoms with E-state index in [2.05, 4.69) is 20.2 Å². The maximum atomic E-state index is 12.6. The van der Waals surface area contributed by atoms with Gasteiger partial charge >= 0.3 is 0 Å². The number of sulfonamides is 1. The zero-order valence-corrected chi connectivity index (χ0v) is 17.0. The van der Waals surface area contributed by atoms with E-state index in [-0.39, 0.29) is 10.7 Å². The molecule has 0 aliphatic carbocycles. The Balaban J connectivity index is 1.74. The van der Waals surface area contributed by atoms with Crippen molar-refractivity contribution in [3.63, 3.8) is 0 Å². The second-order valence-corrected chi connectivity index (χ2v) is 8.15. The Morgan fingerprint density at radius 2 is 1.54 bits per heavy atom. The fourth-order valence-electron chi connectivity index (χ4n) is 2.64. The molecule has 0 aliphatic heterocycles. The molecule has 8 heteroatoms. The minimum absolute atomic E-state index is 0.130. The largest absolute Gasteiger partial charge is 0.496 e. The van der Waals surface area contributed by atoms with Crippen LogP contribution in [0, 0.1) is 20.8 Å². The van der Waals surface area contributed by atoms with Crippen molar-refractivity contribution < 1.29 is 13.2 Å². The smallest absolute Gasteiger partial charge is 0.263 e.